The van der Waals surface area contributed by atoms with Crippen molar-refractivity contribution in [3.63, 3.8) is 0 Å². The van der Waals surface area contributed by atoms with Crippen LogP contribution in [0.1, 0.15) is 24.8 Å². The first-order valence-electron chi connectivity index (χ1n) is 4.20. The van der Waals surface area contributed by atoms with Crippen LogP contribution in [0, 0.1) is 0 Å². The molecule has 14 heavy (non-hydrogen) atoms. The van der Waals surface area contributed by atoms with Crippen LogP contribution in [0.2, 0.25) is 0 Å². The predicted molar refractivity (Wildman–Crippen MR) is 55.8 cm³/mol. The van der Waals surface area contributed by atoms with E-state index in [1.54, 1.807) is 0 Å². The molecule has 1 unspecified atom stereocenters. The minimum atomic E-state index is -0.0324. The quantitative estimate of drug-likeness (QED) is 0.686. The molecule has 0 aliphatic carbocycles. The van der Waals surface area contributed by atoms with E-state index >= 15 is 0 Å². The molecule has 0 radical (unpaired) electrons. The van der Waals surface area contributed by atoms with E-state index in [4.69, 9.17) is 5.73 Å². The van der Waals surface area contributed by atoms with E-state index in [0.717, 1.165) is 5.56 Å². The van der Waals surface area contributed by atoms with Crippen molar-refractivity contribution in [2.75, 3.05) is 11.1 Å². The van der Waals surface area contributed by atoms with Gasteiger partial charge in [-0.05, 0) is 21.8 Å². The molecular formula is C8H9BrN4O. The number of aromatic nitrogens is 2. The lowest BCUT2D eigenvalue weighted by Crippen LogP contribution is -2.23. The summed E-state index contributed by atoms with van der Waals surface area (Å²) in [5.74, 6) is 0.766. The average Bonchev–Trinajstić information content (AvgIpc) is 1.99. The molecule has 2 heterocycles. The lowest BCUT2D eigenvalue weighted by atomic mass is 9.96. The Balaban J connectivity index is 2.58. The number of anilines is 2. The predicted octanol–water partition coefficient (Wildman–Crippen LogP) is 1.27. The Bertz CT molecular complexity index is 407. The number of fused-ring (bicyclic) bond motifs is 1. The van der Waals surface area contributed by atoms with Crippen molar-refractivity contribution >= 4 is 33.6 Å². The number of halogens is 1. The summed E-state index contributed by atoms with van der Waals surface area (Å²) in [5.41, 5.74) is 6.39. The number of nitrogens with zero attached hydrogens (tertiary/aromatic N) is 2. The first-order valence-corrected chi connectivity index (χ1v) is 5.00. The SMILES string of the molecule is CC1CC(=O)Nc2nc(N)nc(Br)c21. The van der Waals surface area contributed by atoms with Crippen molar-refractivity contribution in [2.45, 2.75) is 19.3 Å². The van der Waals surface area contributed by atoms with Gasteiger partial charge >= 0.3 is 0 Å². The second kappa shape index (κ2) is 3.20. The molecule has 1 amide bonds. The summed E-state index contributed by atoms with van der Waals surface area (Å²) < 4.78 is 0.660. The summed E-state index contributed by atoms with van der Waals surface area (Å²) in [6.45, 7) is 1.96. The standard InChI is InChI=1S/C8H9BrN4O/c1-3-2-4(14)11-7-5(3)6(9)12-8(10)13-7/h3H,2H2,1H3,(H3,10,11,12,13,14). The van der Waals surface area contributed by atoms with Crippen LogP contribution in [0.15, 0.2) is 4.60 Å². The minimum absolute atomic E-state index is 0.0324. The van der Waals surface area contributed by atoms with E-state index < -0.39 is 0 Å². The number of hydrogen-bond donors (Lipinski definition) is 2. The Labute approximate surface area is 89.2 Å². The molecule has 3 N–H and O–H groups in total. The highest BCUT2D eigenvalue weighted by Crippen LogP contribution is 2.35. The van der Waals surface area contributed by atoms with E-state index in [2.05, 4.69) is 31.2 Å². The monoisotopic (exact) mass is 256 g/mol. The fraction of sp³-hybridized carbons (Fsp3) is 0.375. The van der Waals surface area contributed by atoms with Gasteiger partial charge in [-0.2, -0.15) is 4.98 Å². The van der Waals surface area contributed by atoms with Gasteiger partial charge in [-0.3, -0.25) is 4.79 Å². The molecule has 5 nitrogen and oxygen atoms in total. The van der Waals surface area contributed by atoms with E-state index in [1.807, 2.05) is 6.92 Å². The van der Waals surface area contributed by atoms with Crippen molar-refractivity contribution in [3.05, 3.63) is 10.2 Å². The summed E-state index contributed by atoms with van der Waals surface area (Å²) in [4.78, 5) is 19.2. The van der Waals surface area contributed by atoms with Crippen LogP contribution in [0.3, 0.4) is 0 Å². The van der Waals surface area contributed by atoms with Gasteiger partial charge in [-0.1, -0.05) is 6.92 Å². The van der Waals surface area contributed by atoms with Gasteiger partial charge in [-0.25, -0.2) is 4.98 Å². The summed E-state index contributed by atoms with van der Waals surface area (Å²) >= 11 is 3.31. The molecular weight excluding hydrogens is 248 g/mol. The van der Waals surface area contributed by atoms with Crippen molar-refractivity contribution in [1.29, 1.82) is 0 Å². The normalized spacial score (nSPS) is 20.1. The summed E-state index contributed by atoms with van der Waals surface area (Å²) in [6.07, 6.45) is 0.457. The second-order valence-electron chi connectivity index (χ2n) is 3.29. The van der Waals surface area contributed by atoms with Crippen molar-refractivity contribution in [1.82, 2.24) is 9.97 Å². The Hall–Kier alpha value is -1.17. The first kappa shape index (κ1) is 9.39. The van der Waals surface area contributed by atoms with Crippen LogP contribution in [-0.4, -0.2) is 15.9 Å². The fourth-order valence-corrected chi connectivity index (χ4v) is 2.31. The second-order valence-corrected chi connectivity index (χ2v) is 4.04. The molecule has 0 bridgehead atoms. The number of nitrogens with two attached hydrogens (primary N) is 1. The van der Waals surface area contributed by atoms with Gasteiger partial charge in [0.15, 0.2) is 0 Å². The molecule has 1 aliphatic rings. The van der Waals surface area contributed by atoms with Crippen LogP contribution in [-0.2, 0) is 4.79 Å². The highest BCUT2D eigenvalue weighted by molar-refractivity contribution is 9.10. The molecule has 1 aromatic rings. The fourth-order valence-electron chi connectivity index (χ4n) is 1.55. The summed E-state index contributed by atoms with van der Waals surface area (Å²) in [6, 6.07) is 0. The Kier molecular flexibility index (Phi) is 2.14. The molecule has 6 heteroatoms. The minimum Gasteiger partial charge on any atom is -0.368 e. The average molecular weight is 257 g/mol. The highest BCUT2D eigenvalue weighted by atomic mass is 79.9. The van der Waals surface area contributed by atoms with Crippen LogP contribution >= 0.6 is 15.9 Å². The van der Waals surface area contributed by atoms with Gasteiger partial charge in [0, 0.05) is 12.0 Å². The number of rotatable bonds is 0. The molecule has 0 saturated carbocycles. The molecule has 1 aromatic heterocycles. The third-order valence-electron chi connectivity index (χ3n) is 2.16. The molecule has 74 valence electrons. The van der Waals surface area contributed by atoms with Gasteiger partial charge in [0.25, 0.3) is 0 Å². The van der Waals surface area contributed by atoms with Gasteiger partial charge in [0.2, 0.25) is 11.9 Å². The zero-order chi connectivity index (χ0) is 10.3. The van der Waals surface area contributed by atoms with Gasteiger partial charge < -0.3 is 11.1 Å². The summed E-state index contributed by atoms with van der Waals surface area (Å²) in [5, 5.41) is 2.67. The zero-order valence-corrected chi connectivity index (χ0v) is 9.13. The molecule has 0 spiro atoms. The van der Waals surface area contributed by atoms with Gasteiger partial charge in [0.05, 0.1) is 0 Å². The smallest absolute Gasteiger partial charge is 0.226 e. The molecule has 0 aromatic carbocycles. The largest absolute Gasteiger partial charge is 0.368 e. The molecule has 0 saturated heterocycles. The maximum absolute atomic E-state index is 11.2. The number of carbonyl (C=O) groups excluding carboxylic acids is 1. The van der Waals surface area contributed by atoms with Crippen LogP contribution in [0.25, 0.3) is 0 Å². The van der Waals surface area contributed by atoms with Crippen molar-refractivity contribution < 1.29 is 4.79 Å². The number of hydrogen-bond acceptors (Lipinski definition) is 4. The lowest BCUT2D eigenvalue weighted by Gasteiger charge is -2.22. The topological polar surface area (TPSA) is 80.9 Å². The Morgan fingerprint density at radius 1 is 1.57 bits per heavy atom. The van der Waals surface area contributed by atoms with Crippen LogP contribution in [0.4, 0.5) is 11.8 Å². The lowest BCUT2D eigenvalue weighted by molar-refractivity contribution is -0.116. The zero-order valence-electron chi connectivity index (χ0n) is 7.54. The Morgan fingerprint density at radius 3 is 3.00 bits per heavy atom. The van der Waals surface area contributed by atoms with Crippen LogP contribution in [0.5, 0.6) is 0 Å². The Morgan fingerprint density at radius 2 is 2.29 bits per heavy atom. The van der Waals surface area contributed by atoms with Gasteiger partial charge in [-0.15, -0.1) is 0 Å². The first-order chi connectivity index (χ1) is 6.58. The van der Waals surface area contributed by atoms with Crippen molar-refractivity contribution in [3.8, 4) is 0 Å². The molecule has 1 atom stereocenters. The summed E-state index contributed by atoms with van der Waals surface area (Å²) in [7, 11) is 0. The molecule has 2 rings (SSSR count). The van der Waals surface area contributed by atoms with E-state index in [-0.39, 0.29) is 17.8 Å². The maximum Gasteiger partial charge on any atom is 0.226 e. The number of nitrogens with one attached hydrogen (secondary N) is 1. The number of nitrogen functional groups attached to an aromatic ring is 1. The third-order valence-corrected chi connectivity index (χ3v) is 2.76. The number of amides is 1. The van der Waals surface area contributed by atoms with Gasteiger partial charge in [0.1, 0.15) is 10.4 Å². The van der Waals surface area contributed by atoms with E-state index in [0.29, 0.717) is 16.8 Å². The number of carbonyl (C=O) groups is 1. The van der Waals surface area contributed by atoms with Crippen LogP contribution < -0.4 is 11.1 Å². The van der Waals surface area contributed by atoms with E-state index in [1.165, 1.54) is 0 Å². The van der Waals surface area contributed by atoms with E-state index in [9.17, 15) is 4.79 Å². The molecule has 1 aliphatic heterocycles. The third kappa shape index (κ3) is 1.45. The van der Waals surface area contributed by atoms with Crippen molar-refractivity contribution in [2.24, 2.45) is 0 Å². The molecule has 0 fully saturated rings. The maximum atomic E-state index is 11.2. The highest BCUT2D eigenvalue weighted by Gasteiger charge is 2.26.